The van der Waals surface area contributed by atoms with Crippen molar-refractivity contribution >= 4 is 17.5 Å². The fourth-order valence-corrected chi connectivity index (χ4v) is 3.53. The summed E-state index contributed by atoms with van der Waals surface area (Å²) in [6, 6.07) is 20.4. The molecule has 150 valence electrons. The number of ether oxygens (including phenoxy) is 1. The quantitative estimate of drug-likeness (QED) is 0.691. The summed E-state index contributed by atoms with van der Waals surface area (Å²) in [7, 11) is 1.67. The molecule has 6 heteroatoms. The molecule has 1 aliphatic heterocycles. The van der Waals surface area contributed by atoms with Crippen LogP contribution in [-0.4, -0.2) is 48.2 Å². The van der Waals surface area contributed by atoms with Crippen LogP contribution in [0, 0.1) is 6.92 Å². The van der Waals surface area contributed by atoms with E-state index in [2.05, 4.69) is 50.4 Å². The fraction of sp³-hybridized carbons (Fsp3) is 0.304. The first-order valence-electron chi connectivity index (χ1n) is 9.97. The normalized spacial score (nSPS) is 14.6. The number of nitrogens with zero attached hydrogens (tertiary/aromatic N) is 4. The first-order valence-corrected chi connectivity index (χ1v) is 9.97. The smallest absolute Gasteiger partial charge is 0.227 e. The van der Waals surface area contributed by atoms with Gasteiger partial charge in [0.2, 0.25) is 5.95 Å². The molecule has 1 aromatic heterocycles. The molecule has 29 heavy (non-hydrogen) atoms. The molecule has 3 aromatic rings. The highest BCUT2D eigenvalue weighted by molar-refractivity contribution is 5.58. The number of benzene rings is 2. The maximum Gasteiger partial charge on any atom is 0.227 e. The summed E-state index contributed by atoms with van der Waals surface area (Å²) in [6.07, 6.45) is 0. The molecular weight excluding hydrogens is 362 g/mol. The van der Waals surface area contributed by atoms with E-state index in [4.69, 9.17) is 9.72 Å². The summed E-state index contributed by atoms with van der Waals surface area (Å²) >= 11 is 0. The lowest BCUT2D eigenvalue weighted by molar-refractivity contribution is 0.248. The van der Waals surface area contributed by atoms with Crippen molar-refractivity contribution < 1.29 is 4.74 Å². The van der Waals surface area contributed by atoms with Gasteiger partial charge in [-0.2, -0.15) is 4.98 Å². The van der Waals surface area contributed by atoms with Gasteiger partial charge in [-0.05, 0) is 36.8 Å². The second-order valence-corrected chi connectivity index (χ2v) is 7.30. The van der Waals surface area contributed by atoms with Crippen molar-refractivity contribution in [3.05, 3.63) is 71.9 Å². The minimum absolute atomic E-state index is 0.792. The average Bonchev–Trinajstić information content (AvgIpc) is 2.75. The summed E-state index contributed by atoms with van der Waals surface area (Å²) in [6.45, 7) is 6.88. The third kappa shape index (κ3) is 5.03. The molecule has 0 saturated carbocycles. The van der Waals surface area contributed by atoms with Gasteiger partial charge in [-0.3, -0.25) is 4.90 Å². The van der Waals surface area contributed by atoms with E-state index in [1.54, 1.807) is 7.11 Å². The number of hydrogen-bond donors (Lipinski definition) is 1. The number of nitrogens with one attached hydrogen (secondary N) is 1. The van der Waals surface area contributed by atoms with Crippen molar-refractivity contribution in [3.8, 4) is 5.75 Å². The van der Waals surface area contributed by atoms with Crippen LogP contribution in [0.2, 0.25) is 0 Å². The molecule has 0 amide bonds. The zero-order valence-corrected chi connectivity index (χ0v) is 17.0. The van der Waals surface area contributed by atoms with Crippen LogP contribution in [-0.2, 0) is 6.54 Å². The van der Waals surface area contributed by atoms with Crippen LogP contribution < -0.4 is 15.0 Å². The SMILES string of the molecule is COc1ccc(Nc2cc(C)nc(N3CCN(Cc4ccccc4)CC3)n2)cc1. The maximum absolute atomic E-state index is 5.22. The van der Waals surface area contributed by atoms with Crippen LogP contribution in [0.4, 0.5) is 17.5 Å². The maximum atomic E-state index is 5.22. The van der Waals surface area contributed by atoms with E-state index in [9.17, 15) is 0 Å². The molecule has 0 radical (unpaired) electrons. The predicted molar refractivity (Wildman–Crippen MR) is 117 cm³/mol. The van der Waals surface area contributed by atoms with Crippen LogP contribution in [0.1, 0.15) is 11.3 Å². The zero-order valence-electron chi connectivity index (χ0n) is 17.0. The number of hydrogen-bond acceptors (Lipinski definition) is 6. The van der Waals surface area contributed by atoms with Gasteiger partial charge in [0.25, 0.3) is 0 Å². The van der Waals surface area contributed by atoms with Crippen LogP contribution in [0.3, 0.4) is 0 Å². The summed E-state index contributed by atoms with van der Waals surface area (Å²) in [5.74, 6) is 2.44. The van der Waals surface area contributed by atoms with E-state index in [1.165, 1.54) is 5.56 Å². The molecule has 2 heterocycles. The van der Waals surface area contributed by atoms with Crippen molar-refractivity contribution in [2.45, 2.75) is 13.5 Å². The highest BCUT2D eigenvalue weighted by Gasteiger charge is 2.19. The summed E-state index contributed by atoms with van der Waals surface area (Å²) in [5, 5.41) is 3.37. The van der Waals surface area contributed by atoms with Crippen LogP contribution >= 0.6 is 0 Å². The number of methoxy groups -OCH3 is 1. The van der Waals surface area contributed by atoms with Gasteiger partial charge in [0, 0.05) is 50.2 Å². The van der Waals surface area contributed by atoms with Crippen molar-refractivity contribution in [2.75, 3.05) is 43.5 Å². The van der Waals surface area contributed by atoms with Crippen molar-refractivity contribution in [1.29, 1.82) is 0 Å². The summed E-state index contributed by atoms with van der Waals surface area (Å²) in [5.41, 5.74) is 3.29. The molecular formula is C23H27N5O. The molecule has 0 spiro atoms. The highest BCUT2D eigenvalue weighted by Crippen LogP contribution is 2.21. The summed E-state index contributed by atoms with van der Waals surface area (Å²) in [4.78, 5) is 14.2. The Morgan fingerprint density at radius 1 is 0.931 bits per heavy atom. The lowest BCUT2D eigenvalue weighted by atomic mass is 10.2. The second-order valence-electron chi connectivity index (χ2n) is 7.30. The van der Waals surface area contributed by atoms with E-state index in [-0.39, 0.29) is 0 Å². The molecule has 6 nitrogen and oxygen atoms in total. The van der Waals surface area contributed by atoms with Gasteiger partial charge >= 0.3 is 0 Å². The van der Waals surface area contributed by atoms with Gasteiger partial charge < -0.3 is 15.0 Å². The summed E-state index contributed by atoms with van der Waals surface area (Å²) < 4.78 is 5.22. The second kappa shape index (κ2) is 8.92. The lowest BCUT2D eigenvalue weighted by Gasteiger charge is -2.35. The molecule has 1 aliphatic rings. The van der Waals surface area contributed by atoms with Gasteiger partial charge in [-0.15, -0.1) is 0 Å². The van der Waals surface area contributed by atoms with Gasteiger partial charge in [-0.1, -0.05) is 30.3 Å². The van der Waals surface area contributed by atoms with Crippen molar-refractivity contribution in [1.82, 2.24) is 14.9 Å². The Labute approximate surface area is 172 Å². The molecule has 4 rings (SSSR count). The van der Waals surface area contributed by atoms with Gasteiger partial charge in [0.15, 0.2) is 0 Å². The first kappa shape index (κ1) is 19.2. The topological polar surface area (TPSA) is 53.5 Å². The number of anilines is 3. The van der Waals surface area contributed by atoms with E-state index in [1.807, 2.05) is 37.3 Å². The van der Waals surface area contributed by atoms with Crippen LogP contribution in [0.25, 0.3) is 0 Å². The minimum atomic E-state index is 0.792. The third-order valence-electron chi connectivity index (χ3n) is 5.11. The molecule has 2 aromatic carbocycles. The Morgan fingerprint density at radius 2 is 1.66 bits per heavy atom. The molecule has 1 fully saturated rings. The molecule has 0 aliphatic carbocycles. The lowest BCUT2D eigenvalue weighted by Crippen LogP contribution is -2.46. The Morgan fingerprint density at radius 3 is 2.34 bits per heavy atom. The largest absolute Gasteiger partial charge is 0.497 e. The van der Waals surface area contributed by atoms with Gasteiger partial charge in [0.05, 0.1) is 7.11 Å². The fourth-order valence-electron chi connectivity index (χ4n) is 3.53. The number of aryl methyl sites for hydroxylation is 1. The molecule has 1 saturated heterocycles. The van der Waals surface area contributed by atoms with Gasteiger partial charge in [0.1, 0.15) is 11.6 Å². The van der Waals surface area contributed by atoms with Crippen LogP contribution in [0.5, 0.6) is 5.75 Å². The standard InChI is InChI=1S/C23H27N5O/c1-18-16-22(25-20-8-10-21(29-2)11-9-20)26-23(24-18)28-14-12-27(13-15-28)17-19-6-4-3-5-7-19/h3-11,16H,12-15,17H2,1-2H3,(H,24,25,26). The Hall–Kier alpha value is -3.12. The van der Waals surface area contributed by atoms with Crippen molar-refractivity contribution in [2.24, 2.45) is 0 Å². The number of piperazine rings is 1. The van der Waals surface area contributed by atoms with E-state index >= 15 is 0 Å². The van der Waals surface area contributed by atoms with Gasteiger partial charge in [-0.25, -0.2) is 4.98 Å². The van der Waals surface area contributed by atoms with E-state index < -0.39 is 0 Å². The zero-order chi connectivity index (χ0) is 20.1. The monoisotopic (exact) mass is 389 g/mol. The number of aromatic nitrogens is 2. The Kier molecular flexibility index (Phi) is 5.91. The molecule has 0 unspecified atom stereocenters. The molecule has 0 atom stereocenters. The number of rotatable bonds is 6. The first-order chi connectivity index (χ1) is 14.2. The van der Waals surface area contributed by atoms with Crippen molar-refractivity contribution in [3.63, 3.8) is 0 Å². The van der Waals surface area contributed by atoms with E-state index in [0.717, 1.165) is 61.6 Å². The Balaban J connectivity index is 1.40. The highest BCUT2D eigenvalue weighted by atomic mass is 16.5. The van der Waals surface area contributed by atoms with Crippen LogP contribution in [0.15, 0.2) is 60.7 Å². The Bertz CT molecular complexity index is 922. The molecule has 1 N–H and O–H groups in total. The molecule has 0 bridgehead atoms. The average molecular weight is 390 g/mol. The van der Waals surface area contributed by atoms with E-state index in [0.29, 0.717) is 0 Å². The minimum Gasteiger partial charge on any atom is -0.497 e. The third-order valence-corrected chi connectivity index (χ3v) is 5.11. The predicted octanol–water partition coefficient (Wildman–Crippen LogP) is 3.86.